The summed E-state index contributed by atoms with van der Waals surface area (Å²) in [6, 6.07) is 2.51. The number of aliphatic hydroxyl groups excluding tert-OH is 3. The Morgan fingerprint density at radius 2 is 1.15 bits per heavy atom. The number of aliphatic hydroxyl groups is 3. The number of amides is 14. The van der Waals surface area contributed by atoms with Gasteiger partial charge in [-0.2, -0.15) is 0 Å². The molecule has 0 aliphatic carbocycles. The van der Waals surface area contributed by atoms with E-state index in [1.807, 2.05) is 31.2 Å². The third kappa shape index (κ3) is 42.8. The van der Waals surface area contributed by atoms with Gasteiger partial charge in [0.25, 0.3) is 0 Å². The summed E-state index contributed by atoms with van der Waals surface area (Å²) in [4.78, 5) is 198. The summed E-state index contributed by atoms with van der Waals surface area (Å²) in [5.74, 6) is -10.1. The zero-order chi connectivity index (χ0) is 92.0. The maximum atomic E-state index is 14.4. The van der Waals surface area contributed by atoms with Crippen molar-refractivity contribution in [3.63, 3.8) is 0 Å². The Labute approximate surface area is 729 Å². The molecule has 1 aliphatic heterocycles. The van der Waals surface area contributed by atoms with E-state index in [-0.39, 0.29) is 127 Å². The number of rotatable bonds is 51. The average Bonchev–Trinajstić information content (AvgIpc) is 1.61. The Morgan fingerprint density at radius 1 is 0.576 bits per heavy atom. The van der Waals surface area contributed by atoms with Gasteiger partial charge in [-0.15, -0.1) is 0 Å². The maximum Gasteiger partial charge on any atom is 0.243 e. The lowest BCUT2D eigenvalue weighted by Crippen LogP contribution is -2.62. The van der Waals surface area contributed by atoms with E-state index in [0.29, 0.717) is 48.9 Å². The number of primary amides is 4. The molecule has 32 N–H and O–H groups in total. The first-order valence-electron chi connectivity index (χ1n) is 43.5. The lowest BCUT2D eigenvalue weighted by Gasteiger charge is -2.30. The minimum Gasteiger partial charge on any atom is -0.394 e. The van der Waals surface area contributed by atoms with Gasteiger partial charge in [0.05, 0.1) is 31.6 Å². The van der Waals surface area contributed by atoms with E-state index in [1.54, 1.807) is 36.5 Å². The number of carbonyl (C=O) groups is 14. The number of nitrogens with one attached hydrogen (secondary N) is 15. The molecule has 2 unspecified atom stereocenters. The van der Waals surface area contributed by atoms with Gasteiger partial charge in [0.2, 0.25) is 82.7 Å². The largest absolute Gasteiger partial charge is 0.394 e. The molecule has 5 rings (SSSR count). The molecule has 1 saturated heterocycles. The van der Waals surface area contributed by atoms with Crippen molar-refractivity contribution in [3.8, 4) is 0 Å². The molecule has 41 heteroatoms. The van der Waals surface area contributed by atoms with E-state index in [4.69, 9.17) is 40.1 Å². The predicted octanol–water partition coefficient (Wildman–Crippen LogP) is -2.70. The van der Waals surface area contributed by atoms with Crippen LogP contribution in [-0.4, -0.2) is 238 Å². The molecule has 2 aromatic heterocycles. The fraction of sp³-hybridized carbons (Fsp3) is 0.619. The molecule has 0 saturated carbocycles. The molecule has 0 radical (unpaired) electrons. The van der Waals surface area contributed by atoms with Gasteiger partial charge in [0, 0.05) is 93.6 Å². The van der Waals surface area contributed by atoms with Crippen molar-refractivity contribution in [2.45, 2.75) is 292 Å². The quantitative estimate of drug-likeness (QED) is 0.00926. The van der Waals surface area contributed by atoms with Gasteiger partial charge in [-0.3, -0.25) is 82.7 Å². The van der Waals surface area contributed by atoms with Gasteiger partial charge in [0.15, 0.2) is 5.96 Å². The summed E-state index contributed by atoms with van der Waals surface area (Å²) in [5.41, 5.74) is 41.5. The first kappa shape index (κ1) is 106. The summed E-state index contributed by atoms with van der Waals surface area (Å²) in [7, 11) is 1.51. The second kappa shape index (κ2) is 60.4. The van der Waals surface area contributed by atoms with Gasteiger partial charge in [0.1, 0.15) is 66.8 Å². The first-order valence-corrected chi connectivity index (χ1v) is 43.5. The van der Waals surface area contributed by atoms with Crippen LogP contribution in [0, 0.1) is 0 Å². The predicted molar refractivity (Wildman–Crippen MR) is 469 cm³/mol. The van der Waals surface area contributed by atoms with Crippen LogP contribution in [0.1, 0.15) is 210 Å². The van der Waals surface area contributed by atoms with Crippen molar-refractivity contribution in [2.24, 2.45) is 45.1 Å². The van der Waals surface area contributed by atoms with Crippen molar-refractivity contribution in [2.75, 3.05) is 39.8 Å². The van der Waals surface area contributed by atoms with E-state index in [0.717, 1.165) is 36.6 Å². The van der Waals surface area contributed by atoms with E-state index in [1.165, 1.54) is 77.4 Å². The molecule has 2 aromatic carbocycles. The number of imidazole rings is 1. The number of para-hydroxylation sites is 1. The number of hydrogen-bond acceptors (Lipinski definition) is 23. The molecule has 41 nitrogen and oxygen atoms in total. The maximum absolute atomic E-state index is 14.4. The van der Waals surface area contributed by atoms with E-state index in [9.17, 15) is 82.4 Å². The highest BCUT2D eigenvalue weighted by Gasteiger charge is 2.37. The number of fused-ring (bicyclic) bond motifs is 1. The third-order valence-corrected chi connectivity index (χ3v) is 21.1. The van der Waals surface area contributed by atoms with Crippen molar-refractivity contribution in [3.05, 3.63) is 90.1 Å². The molecular weight excluding hydrogens is 1620 g/mol. The van der Waals surface area contributed by atoms with Gasteiger partial charge >= 0.3 is 0 Å². The summed E-state index contributed by atoms with van der Waals surface area (Å²) >= 11 is 0. The second-order valence-electron chi connectivity index (χ2n) is 31.3. The molecule has 3 heterocycles. The van der Waals surface area contributed by atoms with Crippen molar-refractivity contribution >= 4 is 99.6 Å². The second-order valence-corrected chi connectivity index (χ2v) is 31.3. The molecule has 696 valence electrons. The Balaban J connectivity index is 0.000000525. The van der Waals surface area contributed by atoms with Gasteiger partial charge in [-0.05, 0) is 88.4 Å². The third-order valence-electron chi connectivity index (χ3n) is 21.1. The molecule has 13 atom stereocenters. The van der Waals surface area contributed by atoms with Crippen LogP contribution in [0.5, 0.6) is 0 Å². The van der Waals surface area contributed by atoms with Crippen molar-refractivity contribution in [1.29, 1.82) is 0 Å². The fourth-order valence-corrected chi connectivity index (χ4v) is 13.9. The molecule has 125 heavy (non-hydrogen) atoms. The Hall–Kier alpha value is -11.2. The molecular formula is C84H138N24O17. The summed E-state index contributed by atoms with van der Waals surface area (Å²) in [6.07, 6.45) is 18.6. The monoisotopic (exact) mass is 1760 g/mol. The van der Waals surface area contributed by atoms with Crippen LogP contribution in [0.3, 0.4) is 0 Å². The molecule has 0 spiro atoms. The zero-order valence-corrected chi connectivity index (χ0v) is 72.4. The minimum absolute atomic E-state index is 0.0229. The first-order chi connectivity index (χ1) is 59.9. The molecule has 1 aliphatic rings. The van der Waals surface area contributed by atoms with Crippen LogP contribution < -0.4 is 109 Å². The fourth-order valence-electron chi connectivity index (χ4n) is 13.9. The van der Waals surface area contributed by atoms with Gasteiger partial charge < -0.3 is 124 Å². The molecule has 1 fully saturated rings. The number of hydrogen-bond donors (Lipinski definition) is 25. The van der Waals surface area contributed by atoms with E-state index in [2.05, 4.69) is 96.0 Å². The number of carbonyl (C=O) groups excluding carboxylic acids is 14. The van der Waals surface area contributed by atoms with E-state index < -0.39 is 156 Å². The van der Waals surface area contributed by atoms with Crippen LogP contribution in [0.4, 0.5) is 0 Å². The van der Waals surface area contributed by atoms with Crippen molar-refractivity contribution < 1.29 is 82.4 Å². The molecule has 14 amide bonds. The number of likely N-dealkylation sites (N-methyl/N-ethyl adjacent to an activating group) is 1. The highest BCUT2D eigenvalue weighted by atomic mass is 16.3. The van der Waals surface area contributed by atoms with Crippen LogP contribution in [0.2, 0.25) is 0 Å². The Kier molecular flexibility index (Phi) is 51.2. The number of H-pyrrole nitrogens is 2. The summed E-state index contributed by atoms with van der Waals surface area (Å²) in [6.45, 7) is 3.08. The van der Waals surface area contributed by atoms with Crippen LogP contribution in [0.25, 0.3) is 10.9 Å². The zero-order valence-electron chi connectivity index (χ0n) is 72.4. The summed E-state index contributed by atoms with van der Waals surface area (Å²) in [5, 5.41) is 67.2. The van der Waals surface area contributed by atoms with Crippen LogP contribution >= 0.6 is 0 Å². The lowest BCUT2D eigenvalue weighted by atomic mass is 10.0. The van der Waals surface area contributed by atoms with Gasteiger partial charge in [-0.1, -0.05) is 152 Å². The topological polar surface area (TPSA) is 695 Å². The molecule has 4 aromatic rings. The average molecular weight is 1760 g/mol. The van der Waals surface area contributed by atoms with E-state index >= 15 is 0 Å². The van der Waals surface area contributed by atoms with Crippen LogP contribution in [0.15, 0.2) is 78.3 Å². The Morgan fingerprint density at radius 3 is 1.75 bits per heavy atom. The number of aromatic amines is 2. The number of nitrogens with zero attached hydrogens (tertiary/aromatic N) is 2. The highest BCUT2D eigenvalue weighted by Crippen LogP contribution is 2.21. The number of aromatic nitrogens is 3. The highest BCUT2D eigenvalue weighted by molar-refractivity contribution is 5.98. The number of nitrogens with two attached hydrogens (primary N) is 7. The smallest absolute Gasteiger partial charge is 0.243 e. The minimum atomic E-state index is -1.64. The van der Waals surface area contributed by atoms with Gasteiger partial charge in [-0.25, -0.2) is 4.98 Å². The number of aliphatic imine (C=N–C) groups is 1. The van der Waals surface area contributed by atoms with Crippen molar-refractivity contribution in [1.82, 2.24) is 84.1 Å². The lowest BCUT2D eigenvalue weighted by molar-refractivity contribution is -0.135. The van der Waals surface area contributed by atoms with Crippen LogP contribution in [-0.2, 0) is 86.4 Å². The molecule has 0 bridgehead atoms. The summed E-state index contributed by atoms with van der Waals surface area (Å²) < 4.78 is 0. The SMILES string of the molecule is CCCCCCCCCCCCCCCC(=O)NCC(O)N[C@@H](CO)C(=O)N[C@@H](CCC(N)=O)C(=O)N[C@@H](Cc1cnc[nH]1)C(O)N[C@@H](CN)C(=O)N[C@@H](CCCC)C(N)=O.CN[C@H]1CCC(=O)NCCCC[C@@H](C(N)=O)NC(=O)[C@H](Cc2c[nH]c3ccccc23)NC(=O)[C@H](CCCN=C(N)N)NC(=O)[C@@H](Cc2ccccc2)NC(=O)[C@H](CCC(N)=O)NC1=O. The standard InChI is InChI=1S/C43H61N13O8.C41H77N11O9/c1-48-30-17-19-36(58)49-20-8-7-14-29(37(45)59)52-42(64)34(23-26-24-51-28-13-6-5-12-27(26)28)56-39(61)31(15-9-21-50-43(46)47)53-41(63)33(22-25-10-3-2-4-11-25)55-40(62)32(54-38(30)60)16-18-35(44)57;1-3-5-7-8-9-10-11-12-13-14-15-16-17-19-35(55)46-25-36(56)48-33(26-53)41(61)50-30(20-21-34(43)54)38(58)51-31(22-28-24-45-27-47-28)39(59)52-32(23-42)40(60)49-29(37(44)57)18-6-4-2/h2-6,10-13,24,29-34,48,51H,7-9,14-23H2,1H3,(H2,44,57)(H2,45,59)(H,49,58)(H,52,64)(H,53,63)(H,54,60)(H,55,62)(H,56,61)(H4,46,47,50);24,27,29-33,36,39,48,52-53,56,59H,3-23,25-26,42H2,1-2H3,(H2,43,54)(H2,44,57)(H,45,47)(H,46,55)(H,49,60)(H,50,61)(H,51,58)/t29-,30-,31-,32-,33+,34-;29-,30-,31-,32-,33-,36?,39?/m00/s1. The number of benzene rings is 2. The normalized spacial score (nSPS) is 18.8. The number of guanidine groups is 1. The Bertz CT molecular complexity index is 4000. The number of unbranched alkanes of at least 4 members (excludes halogenated alkanes) is 13.